The first kappa shape index (κ1) is 18.4. The third kappa shape index (κ3) is 4.31. The first-order chi connectivity index (χ1) is 13.2. The fourth-order valence-corrected chi connectivity index (χ4v) is 5.04. The van der Waals surface area contributed by atoms with Gasteiger partial charge in [0, 0.05) is 23.4 Å². The summed E-state index contributed by atoms with van der Waals surface area (Å²) in [5, 5.41) is 4.62. The van der Waals surface area contributed by atoms with Crippen molar-refractivity contribution in [2.24, 2.45) is 0 Å². The van der Waals surface area contributed by atoms with E-state index in [4.69, 9.17) is 4.74 Å². The Bertz CT molecular complexity index is 923. The number of amides is 1. The van der Waals surface area contributed by atoms with Crippen LogP contribution in [-0.4, -0.2) is 40.4 Å². The molecule has 0 radical (unpaired) electrons. The highest BCUT2D eigenvalue weighted by Gasteiger charge is 2.21. The van der Waals surface area contributed by atoms with Gasteiger partial charge in [-0.1, -0.05) is 42.1 Å². The predicted octanol–water partition coefficient (Wildman–Crippen LogP) is 4.13. The highest BCUT2D eigenvalue weighted by Crippen LogP contribution is 2.37. The van der Waals surface area contributed by atoms with Crippen LogP contribution in [-0.2, 0) is 9.53 Å². The molecular weight excluding hydrogens is 378 g/mol. The molecule has 1 aliphatic heterocycles. The number of carbonyl (C=O) groups is 1. The molecule has 0 unspecified atom stereocenters. The molecule has 0 aliphatic carbocycles. The summed E-state index contributed by atoms with van der Waals surface area (Å²) < 4.78 is 5.56. The lowest BCUT2D eigenvalue weighted by Crippen LogP contribution is -2.36. The summed E-state index contributed by atoms with van der Waals surface area (Å²) in [5.74, 6) is 0.0146. The second-order valence-corrected chi connectivity index (χ2v) is 8.87. The van der Waals surface area contributed by atoms with Gasteiger partial charge in [0.1, 0.15) is 16.2 Å². The Morgan fingerprint density at radius 2 is 2.22 bits per heavy atom. The smallest absolute Gasteiger partial charge is 0.233 e. The Morgan fingerprint density at radius 1 is 1.37 bits per heavy atom. The molecule has 1 aliphatic rings. The summed E-state index contributed by atoms with van der Waals surface area (Å²) in [7, 11) is 0. The lowest BCUT2D eigenvalue weighted by Gasteiger charge is -2.14. The number of thioether (sulfide) groups is 1. The molecule has 0 saturated carbocycles. The average molecular weight is 400 g/mol. The van der Waals surface area contributed by atoms with Gasteiger partial charge in [0.05, 0.1) is 11.4 Å². The molecule has 5 nitrogen and oxygen atoms in total. The summed E-state index contributed by atoms with van der Waals surface area (Å²) in [6.45, 7) is 3.29. The van der Waals surface area contributed by atoms with E-state index >= 15 is 0 Å². The first-order valence-corrected chi connectivity index (χ1v) is 10.8. The molecule has 0 spiro atoms. The lowest BCUT2D eigenvalue weighted by atomic mass is 10.2. The van der Waals surface area contributed by atoms with Crippen LogP contribution in [0.25, 0.3) is 20.7 Å². The summed E-state index contributed by atoms with van der Waals surface area (Å²) in [4.78, 5) is 23.4. The monoisotopic (exact) mass is 399 g/mol. The Labute approximate surface area is 166 Å². The van der Waals surface area contributed by atoms with Crippen LogP contribution in [0.5, 0.6) is 0 Å². The van der Waals surface area contributed by atoms with Crippen LogP contribution in [0.15, 0.2) is 47.8 Å². The number of rotatable bonds is 6. The van der Waals surface area contributed by atoms with Crippen LogP contribution in [0.1, 0.15) is 19.8 Å². The van der Waals surface area contributed by atoms with Gasteiger partial charge < -0.3 is 10.1 Å². The summed E-state index contributed by atoms with van der Waals surface area (Å²) in [6.07, 6.45) is 3.83. The van der Waals surface area contributed by atoms with E-state index in [-0.39, 0.29) is 17.3 Å². The SMILES string of the molecule is C[C@H](Sc1ncnc2sc(-c3ccccc3)cc12)C(=O)NC[C@@H]1CCCO1. The van der Waals surface area contributed by atoms with Gasteiger partial charge in [-0.2, -0.15) is 0 Å². The van der Waals surface area contributed by atoms with Gasteiger partial charge in [0.25, 0.3) is 0 Å². The van der Waals surface area contributed by atoms with Crippen molar-refractivity contribution in [1.29, 1.82) is 0 Å². The number of carbonyl (C=O) groups excluding carboxylic acids is 1. The van der Waals surface area contributed by atoms with Crippen molar-refractivity contribution < 1.29 is 9.53 Å². The molecule has 2 aromatic heterocycles. The third-order valence-corrected chi connectivity index (χ3v) is 6.75. The molecule has 140 valence electrons. The van der Waals surface area contributed by atoms with Gasteiger partial charge in [-0.15, -0.1) is 11.3 Å². The van der Waals surface area contributed by atoms with E-state index in [1.807, 2.05) is 25.1 Å². The predicted molar refractivity (Wildman–Crippen MR) is 110 cm³/mol. The molecular formula is C20H21N3O2S2. The van der Waals surface area contributed by atoms with Gasteiger partial charge in [-0.3, -0.25) is 4.79 Å². The molecule has 4 rings (SSSR count). The van der Waals surface area contributed by atoms with Gasteiger partial charge in [0.2, 0.25) is 5.91 Å². The Balaban J connectivity index is 1.48. The molecule has 2 atom stereocenters. The number of benzene rings is 1. The normalized spacial score (nSPS) is 17.9. The molecule has 1 fully saturated rings. The second-order valence-electron chi connectivity index (χ2n) is 6.51. The first-order valence-electron chi connectivity index (χ1n) is 9.06. The van der Waals surface area contributed by atoms with Crippen LogP contribution in [0.2, 0.25) is 0 Å². The number of fused-ring (bicyclic) bond motifs is 1. The minimum atomic E-state index is -0.232. The van der Waals surface area contributed by atoms with E-state index < -0.39 is 0 Å². The number of nitrogens with zero attached hydrogens (tertiary/aromatic N) is 2. The van der Waals surface area contributed by atoms with Crippen molar-refractivity contribution in [1.82, 2.24) is 15.3 Å². The molecule has 1 amide bonds. The molecule has 3 heterocycles. The summed E-state index contributed by atoms with van der Waals surface area (Å²) >= 11 is 3.12. The fraction of sp³-hybridized carbons (Fsp3) is 0.350. The zero-order chi connectivity index (χ0) is 18.6. The van der Waals surface area contributed by atoms with Crippen molar-refractivity contribution in [2.75, 3.05) is 13.2 Å². The van der Waals surface area contributed by atoms with E-state index in [0.29, 0.717) is 6.54 Å². The average Bonchev–Trinajstić information content (AvgIpc) is 3.37. The highest BCUT2D eigenvalue weighted by molar-refractivity contribution is 8.00. The zero-order valence-corrected chi connectivity index (χ0v) is 16.7. The maximum absolute atomic E-state index is 12.4. The molecule has 3 aromatic rings. The van der Waals surface area contributed by atoms with E-state index in [9.17, 15) is 4.79 Å². The second kappa shape index (κ2) is 8.37. The van der Waals surface area contributed by atoms with E-state index in [2.05, 4.69) is 33.5 Å². The van der Waals surface area contributed by atoms with Gasteiger partial charge >= 0.3 is 0 Å². The minimum absolute atomic E-state index is 0.0146. The zero-order valence-electron chi connectivity index (χ0n) is 15.1. The highest BCUT2D eigenvalue weighted by atomic mass is 32.2. The molecule has 1 saturated heterocycles. The number of nitrogens with one attached hydrogen (secondary N) is 1. The number of hydrogen-bond donors (Lipinski definition) is 1. The molecule has 0 bridgehead atoms. The lowest BCUT2D eigenvalue weighted by molar-refractivity contribution is -0.120. The largest absolute Gasteiger partial charge is 0.376 e. The number of thiophene rings is 1. The summed E-state index contributed by atoms with van der Waals surface area (Å²) in [6, 6.07) is 12.4. The standard InChI is InChI=1S/C20H21N3O2S2/c1-13(18(24)21-11-15-8-5-9-25-15)26-19-16-10-17(14-6-3-2-4-7-14)27-20(16)23-12-22-19/h2-4,6-7,10,12-13,15H,5,8-9,11H2,1H3,(H,21,24)/t13-,15-/m0/s1. The van der Waals surface area contributed by atoms with Gasteiger partial charge in [-0.25, -0.2) is 9.97 Å². The molecule has 1 N–H and O–H groups in total. The molecule has 7 heteroatoms. The molecule has 27 heavy (non-hydrogen) atoms. The van der Waals surface area contributed by atoms with Crippen molar-refractivity contribution in [3.05, 3.63) is 42.7 Å². The summed E-state index contributed by atoms with van der Waals surface area (Å²) in [5.41, 5.74) is 1.17. The Hall–Kier alpha value is -1.96. The Morgan fingerprint density at radius 3 is 3.00 bits per heavy atom. The van der Waals surface area contributed by atoms with Gasteiger partial charge in [0.15, 0.2) is 0 Å². The van der Waals surface area contributed by atoms with Crippen LogP contribution in [0, 0.1) is 0 Å². The van der Waals surface area contributed by atoms with Crippen molar-refractivity contribution in [2.45, 2.75) is 36.1 Å². The maximum atomic E-state index is 12.4. The van der Waals surface area contributed by atoms with Crippen LogP contribution >= 0.6 is 23.1 Å². The maximum Gasteiger partial charge on any atom is 0.233 e. The minimum Gasteiger partial charge on any atom is -0.376 e. The van der Waals surface area contributed by atoms with Crippen molar-refractivity contribution in [3.8, 4) is 10.4 Å². The number of aromatic nitrogens is 2. The number of ether oxygens (including phenoxy) is 1. The van der Waals surface area contributed by atoms with Crippen molar-refractivity contribution >= 4 is 39.2 Å². The van der Waals surface area contributed by atoms with E-state index in [1.54, 1.807) is 17.7 Å². The van der Waals surface area contributed by atoms with Crippen LogP contribution in [0.3, 0.4) is 0 Å². The van der Waals surface area contributed by atoms with Crippen molar-refractivity contribution in [3.63, 3.8) is 0 Å². The van der Waals surface area contributed by atoms with Gasteiger partial charge in [-0.05, 0) is 31.4 Å². The van der Waals surface area contributed by atoms with E-state index in [1.165, 1.54) is 17.3 Å². The number of hydrogen-bond acceptors (Lipinski definition) is 6. The third-order valence-electron chi connectivity index (χ3n) is 4.54. The topological polar surface area (TPSA) is 64.1 Å². The fourth-order valence-electron chi connectivity index (χ4n) is 3.06. The van der Waals surface area contributed by atoms with Crippen LogP contribution < -0.4 is 5.32 Å². The van der Waals surface area contributed by atoms with E-state index in [0.717, 1.165) is 39.6 Å². The Kier molecular flexibility index (Phi) is 5.71. The quantitative estimate of drug-likeness (QED) is 0.499. The molecule has 1 aromatic carbocycles. The van der Waals surface area contributed by atoms with Crippen LogP contribution in [0.4, 0.5) is 0 Å².